The summed E-state index contributed by atoms with van der Waals surface area (Å²) in [6.07, 6.45) is 0.523. The second-order valence-corrected chi connectivity index (χ2v) is 11.5. The van der Waals surface area contributed by atoms with Gasteiger partial charge in [0.15, 0.2) is 0 Å². The fraction of sp³-hybridized carbons (Fsp3) is 0.240. The Bertz CT molecular complexity index is 1310. The van der Waals surface area contributed by atoms with Crippen LogP contribution in [-0.4, -0.2) is 20.7 Å². The van der Waals surface area contributed by atoms with Crippen molar-refractivity contribution < 1.29 is 8.42 Å². The van der Waals surface area contributed by atoms with Gasteiger partial charge in [0.25, 0.3) is 0 Å². The SMILES string of the molecule is CC(C)c1ccc(S(=O)(=O)NCC2=NN(c3ccc(Cl)cc3Cl)C(c3ccc(Cl)cc3)C2)cc1. The van der Waals surface area contributed by atoms with Crippen molar-refractivity contribution in [2.45, 2.75) is 37.1 Å². The summed E-state index contributed by atoms with van der Waals surface area (Å²) in [7, 11) is -3.68. The molecule has 1 unspecified atom stereocenters. The van der Waals surface area contributed by atoms with Gasteiger partial charge >= 0.3 is 0 Å². The van der Waals surface area contributed by atoms with Crippen LogP contribution in [0, 0.1) is 0 Å². The molecule has 1 N–H and O–H groups in total. The predicted molar refractivity (Wildman–Crippen MR) is 141 cm³/mol. The van der Waals surface area contributed by atoms with E-state index in [1.807, 2.05) is 41.4 Å². The standard InChI is InChI=1S/C25H24Cl3N3O2S/c1-16(2)17-5-10-22(11-6-17)34(32,33)29-15-21-14-25(18-3-7-19(26)8-4-18)31(30-21)24-12-9-20(27)13-23(24)28/h3-13,16,25,29H,14-15H2,1-2H3. The van der Waals surface area contributed by atoms with Gasteiger partial charge in [-0.05, 0) is 59.5 Å². The fourth-order valence-electron chi connectivity index (χ4n) is 3.81. The minimum Gasteiger partial charge on any atom is -0.256 e. The van der Waals surface area contributed by atoms with Crippen LogP contribution >= 0.6 is 34.8 Å². The predicted octanol–water partition coefficient (Wildman–Crippen LogP) is 7.06. The van der Waals surface area contributed by atoms with Gasteiger partial charge in [-0.3, -0.25) is 5.01 Å². The van der Waals surface area contributed by atoms with Crippen LogP contribution in [0.4, 0.5) is 5.69 Å². The number of nitrogens with one attached hydrogen (secondary N) is 1. The molecule has 0 bridgehead atoms. The summed E-state index contributed by atoms with van der Waals surface area (Å²) < 4.78 is 28.4. The highest BCUT2D eigenvalue weighted by atomic mass is 35.5. The normalized spacial score (nSPS) is 16.2. The summed E-state index contributed by atoms with van der Waals surface area (Å²) in [4.78, 5) is 0.224. The van der Waals surface area contributed by atoms with Crippen molar-refractivity contribution in [2.24, 2.45) is 5.10 Å². The second kappa shape index (κ2) is 10.3. The number of sulfonamides is 1. The van der Waals surface area contributed by atoms with E-state index in [-0.39, 0.29) is 17.5 Å². The average Bonchev–Trinajstić information content (AvgIpc) is 3.22. The van der Waals surface area contributed by atoms with E-state index in [1.54, 1.807) is 30.3 Å². The quantitative estimate of drug-likeness (QED) is 0.352. The first kappa shape index (κ1) is 25.0. The van der Waals surface area contributed by atoms with Gasteiger partial charge in [-0.15, -0.1) is 0 Å². The summed E-state index contributed by atoms with van der Waals surface area (Å²) in [6, 6.07) is 19.5. The van der Waals surface area contributed by atoms with Crippen LogP contribution in [0.15, 0.2) is 76.7 Å². The molecule has 0 radical (unpaired) electrons. The van der Waals surface area contributed by atoms with Gasteiger partial charge < -0.3 is 0 Å². The molecule has 3 aromatic carbocycles. The van der Waals surface area contributed by atoms with Crippen molar-refractivity contribution in [1.82, 2.24) is 4.72 Å². The monoisotopic (exact) mass is 535 g/mol. The Morgan fingerprint density at radius 2 is 1.62 bits per heavy atom. The molecule has 5 nitrogen and oxygen atoms in total. The molecule has 0 spiro atoms. The molecule has 34 heavy (non-hydrogen) atoms. The van der Waals surface area contributed by atoms with Crippen LogP contribution < -0.4 is 9.73 Å². The van der Waals surface area contributed by atoms with Crippen molar-refractivity contribution in [3.63, 3.8) is 0 Å². The van der Waals surface area contributed by atoms with E-state index in [2.05, 4.69) is 18.6 Å². The molecule has 9 heteroatoms. The third-order valence-corrected chi connectivity index (χ3v) is 7.91. The number of benzene rings is 3. The Morgan fingerprint density at radius 1 is 0.971 bits per heavy atom. The summed E-state index contributed by atoms with van der Waals surface area (Å²) in [5.41, 5.74) is 3.45. The number of hydrazone groups is 1. The summed E-state index contributed by atoms with van der Waals surface area (Å²) in [5.74, 6) is 0.327. The maximum absolute atomic E-state index is 12.9. The molecular formula is C25H24Cl3N3O2S. The molecule has 0 saturated heterocycles. The van der Waals surface area contributed by atoms with Crippen LogP contribution in [0.3, 0.4) is 0 Å². The third kappa shape index (κ3) is 5.58. The van der Waals surface area contributed by atoms with Gasteiger partial charge in [0.2, 0.25) is 10.0 Å². The first-order valence-corrected chi connectivity index (χ1v) is 13.4. The third-order valence-electron chi connectivity index (χ3n) is 5.71. The lowest BCUT2D eigenvalue weighted by molar-refractivity contribution is 0.586. The Morgan fingerprint density at radius 3 is 2.24 bits per heavy atom. The zero-order chi connectivity index (χ0) is 24.5. The molecule has 0 amide bonds. The van der Waals surface area contributed by atoms with Crippen molar-refractivity contribution in [3.8, 4) is 0 Å². The number of nitrogens with zero attached hydrogens (tertiary/aromatic N) is 2. The molecule has 4 rings (SSSR count). The lowest BCUT2D eigenvalue weighted by Gasteiger charge is -2.25. The second-order valence-electron chi connectivity index (χ2n) is 8.43. The molecule has 178 valence electrons. The molecule has 1 aliphatic rings. The lowest BCUT2D eigenvalue weighted by Crippen LogP contribution is -2.29. The molecule has 0 fully saturated rings. The number of hydrogen-bond acceptors (Lipinski definition) is 4. The van der Waals surface area contributed by atoms with E-state index >= 15 is 0 Å². The van der Waals surface area contributed by atoms with Crippen molar-refractivity contribution in [1.29, 1.82) is 0 Å². The molecule has 1 atom stereocenters. The van der Waals surface area contributed by atoms with Crippen LogP contribution in [0.1, 0.15) is 43.4 Å². The van der Waals surface area contributed by atoms with Gasteiger partial charge in [-0.25, -0.2) is 13.1 Å². The van der Waals surface area contributed by atoms with Crippen LogP contribution in [0.2, 0.25) is 15.1 Å². The van der Waals surface area contributed by atoms with E-state index in [4.69, 9.17) is 39.9 Å². The van der Waals surface area contributed by atoms with Crippen LogP contribution in [0.25, 0.3) is 0 Å². The van der Waals surface area contributed by atoms with Crippen molar-refractivity contribution in [2.75, 3.05) is 11.6 Å². The number of rotatable bonds is 7. The van der Waals surface area contributed by atoms with E-state index < -0.39 is 10.0 Å². The van der Waals surface area contributed by atoms with E-state index in [9.17, 15) is 8.42 Å². The maximum Gasteiger partial charge on any atom is 0.240 e. The molecule has 0 saturated carbocycles. The maximum atomic E-state index is 12.9. The van der Waals surface area contributed by atoms with Gasteiger partial charge in [-0.2, -0.15) is 5.10 Å². The minimum atomic E-state index is -3.68. The highest BCUT2D eigenvalue weighted by Gasteiger charge is 2.31. The molecule has 1 heterocycles. The minimum absolute atomic E-state index is 0.0834. The lowest BCUT2D eigenvalue weighted by atomic mass is 10.0. The Kier molecular flexibility index (Phi) is 7.55. The Balaban J connectivity index is 1.58. The fourth-order valence-corrected chi connectivity index (χ4v) is 5.45. The zero-order valence-corrected chi connectivity index (χ0v) is 21.8. The number of hydrogen-bond donors (Lipinski definition) is 1. The Hall–Kier alpha value is -2.09. The van der Waals surface area contributed by atoms with Gasteiger partial charge in [-0.1, -0.05) is 72.9 Å². The number of halogens is 3. The number of anilines is 1. The van der Waals surface area contributed by atoms with E-state index in [0.717, 1.165) is 11.1 Å². The first-order chi connectivity index (χ1) is 16.1. The topological polar surface area (TPSA) is 61.8 Å². The first-order valence-electron chi connectivity index (χ1n) is 10.8. The molecule has 3 aromatic rings. The molecule has 1 aliphatic heterocycles. The van der Waals surface area contributed by atoms with Gasteiger partial charge in [0, 0.05) is 16.5 Å². The largest absolute Gasteiger partial charge is 0.256 e. The Labute approximate surface area is 215 Å². The average molecular weight is 537 g/mol. The summed E-state index contributed by atoms with van der Waals surface area (Å²) >= 11 is 18.6. The van der Waals surface area contributed by atoms with Crippen LogP contribution in [-0.2, 0) is 10.0 Å². The highest BCUT2D eigenvalue weighted by Crippen LogP contribution is 2.39. The van der Waals surface area contributed by atoms with Crippen LogP contribution in [0.5, 0.6) is 0 Å². The van der Waals surface area contributed by atoms with Crippen molar-refractivity contribution in [3.05, 3.63) is 92.9 Å². The zero-order valence-electron chi connectivity index (χ0n) is 18.7. The van der Waals surface area contributed by atoms with Gasteiger partial charge in [0.1, 0.15) is 0 Å². The van der Waals surface area contributed by atoms with Crippen molar-refractivity contribution >= 4 is 56.2 Å². The van der Waals surface area contributed by atoms with E-state index in [1.165, 1.54) is 0 Å². The highest BCUT2D eigenvalue weighted by molar-refractivity contribution is 7.89. The smallest absolute Gasteiger partial charge is 0.240 e. The molecule has 0 aromatic heterocycles. The molecular weight excluding hydrogens is 513 g/mol. The summed E-state index contributed by atoms with van der Waals surface area (Å²) in [6.45, 7) is 4.21. The summed E-state index contributed by atoms with van der Waals surface area (Å²) in [5, 5.41) is 8.15. The molecule has 0 aliphatic carbocycles. The van der Waals surface area contributed by atoms with Gasteiger partial charge in [0.05, 0.1) is 33.9 Å². The van der Waals surface area contributed by atoms with E-state index in [0.29, 0.717) is 38.8 Å².